The number of carbonyl (C=O) groups is 3. The van der Waals surface area contributed by atoms with Crippen molar-refractivity contribution >= 4 is 23.7 Å². The molecule has 0 saturated heterocycles. The highest BCUT2D eigenvalue weighted by molar-refractivity contribution is 5.91. The van der Waals surface area contributed by atoms with Crippen molar-refractivity contribution < 1.29 is 24.6 Å². The highest BCUT2D eigenvalue weighted by atomic mass is 16.4. The number of carbonyl (C=O) groups excluding carboxylic acids is 2. The second-order valence-corrected chi connectivity index (χ2v) is 6.39. The van der Waals surface area contributed by atoms with Crippen LogP contribution in [0.1, 0.15) is 18.4 Å². The summed E-state index contributed by atoms with van der Waals surface area (Å²) in [6.45, 7) is -0.375. The van der Waals surface area contributed by atoms with Gasteiger partial charge in [0.2, 0.25) is 11.8 Å². The van der Waals surface area contributed by atoms with Crippen molar-refractivity contribution in [1.82, 2.24) is 10.6 Å². The first kappa shape index (κ1) is 23.9. The van der Waals surface area contributed by atoms with E-state index in [4.69, 9.17) is 22.3 Å². The van der Waals surface area contributed by atoms with Crippen molar-refractivity contribution in [1.29, 1.82) is 0 Å². The fourth-order valence-corrected chi connectivity index (χ4v) is 2.46. The summed E-state index contributed by atoms with van der Waals surface area (Å²) in [7, 11) is 0. The van der Waals surface area contributed by atoms with Crippen molar-refractivity contribution in [2.75, 3.05) is 13.2 Å². The van der Waals surface area contributed by atoms with Crippen LogP contribution in [0.4, 0.5) is 0 Å². The van der Waals surface area contributed by atoms with Gasteiger partial charge in [0.05, 0.1) is 6.61 Å². The number of hydrogen-bond donors (Lipinski definition) is 7. The van der Waals surface area contributed by atoms with Crippen LogP contribution in [0.15, 0.2) is 35.3 Å². The van der Waals surface area contributed by atoms with Gasteiger partial charge in [0, 0.05) is 13.0 Å². The molecule has 0 saturated carbocycles. The molecule has 10 N–H and O–H groups in total. The first-order valence-electron chi connectivity index (χ1n) is 9.04. The number of aliphatic hydroxyl groups excluding tert-OH is 1. The lowest BCUT2D eigenvalue weighted by Gasteiger charge is -2.22. The summed E-state index contributed by atoms with van der Waals surface area (Å²) >= 11 is 0. The molecule has 0 fully saturated rings. The number of nitrogens with zero attached hydrogens (tertiary/aromatic N) is 1. The Bertz CT molecular complexity index is 708. The number of nitrogens with one attached hydrogen (secondary N) is 2. The average Bonchev–Trinajstić information content (AvgIpc) is 2.69. The van der Waals surface area contributed by atoms with Crippen LogP contribution in [0.25, 0.3) is 0 Å². The van der Waals surface area contributed by atoms with E-state index in [1.165, 1.54) is 0 Å². The van der Waals surface area contributed by atoms with Gasteiger partial charge in [-0.2, -0.15) is 0 Å². The number of aliphatic imine (C=N–C) groups is 1. The summed E-state index contributed by atoms with van der Waals surface area (Å²) in [5.74, 6) is -2.73. The third-order valence-corrected chi connectivity index (χ3v) is 4.01. The van der Waals surface area contributed by atoms with Crippen LogP contribution in [-0.2, 0) is 20.8 Å². The Morgan fingerprint density at radius 1 is 1.03 bits per heavy atom. The molecule has 2 amide bonds. The topological polar surface area (TPSA) is 206 Å². The van der Waals surface area contributed by atoms with E-state index in [1.807, 2.05) is 0 Å². The van der Waals surface area contributed by atoms with Crippen molar-refractivity contribution in [3.63, 3.8) is 0 Å². The van der Waals surface area contributed by atoms with Gasteiger partial charge in [0.15, 0.2) is 5.96 Å². The molecule has 0 aliphatic rings. The monoisotopic (exact) mass is 408 g/mol. The Kier molecular flexibility index (Phi) is 10.1. The number of benzene rings is 1. The standard InChI is InChI=1S/C18H28N6O5/c19-12(10-25)15(26)23-13(7-4-8-22-18(20)21)16(27)24-14(17(28)29)9-11-5-2-1-3-6-11/h1-3,5-6,12-14,25H,4,7-10,19H2,(H,23,26)(H,24,27)(H,28,29)(H4,20,21,22). The number of aliphatic carboxylic acids is 1. The van der Waals surface area contributed by atoms with E-state index in [0.29, 0.717) is 6.42 Å². The Hall–Kier alpha value is -3.18. The smallest absolute Gasteiger partial charge is 0.326 e. The minimum atomic E-state index is -1.21. The predicted molar refractivity (Wildman–Crippen MR) is 107 cm³/mol. The number of carboxylic acids is 1. The summed E-state index contributed by atoms with van der Waals surface area (Å²) in [4.78, 5) is 40.0. The summed E-state index contributed by atoms with van der Waals surface area (Å²) in [6, 6.07) is 5.36. The predicted octanol–water partition coefficient (Wildman–Crippen LogP) is -2.34. The van der Waals surface area contributed by atoms with Gasteiger partial charge >= 0.3 is 5.97 Å². The highest BCUT2D eigenvalue weighted by Crippen LogP contribution is 2.06. The Balaban J connectivity index is 2.83. The van der Waals surface area contributed by atoms with E-state index in [9.17, 15) is 19.5 Å². The zero-order valence-electron chi connectivity index (χ0n) is 16.0. The molecule has 11 heteroatoms. The molecule has 0 aromatic heterocycles. The first-order valence-corrected chi connectivity index (χ1v) is 9.04. The van der Waals surface area contributed by atoms with Crippen molar-refractivity contribution in [2.24, 2.45) is 22.2 Å². The normalized spacial score (nSPS) is 13.6. The molecule has 160 valence electrons. The molecule has 1 aromatic carbocycles. The molecule has 0 bridgehead atoms. The largest absolute Gasteiger partial charge is 0.480 e. The van der Waals surface area contributed by atoms with Crippen LogP contribution in [0, 0.1) is 0 Å². The minimum Gasteiger partial charge on any atom is -0.480 e. The number of amides is 2. The fourth-order valence-electron chi connectivity index (χ4n) is 2.46. The van der Waals surface area contributed by atoms with Gasteiger partial charge < -0.3 is 38.0 Å². The third kappa shape index (κ3) is 9.04. The van der Waals surface area contributed by atoms with Gasteiger partial charge in [-0.25, -0.2) is 4.79 Å². The maximum Gasteiger partial charge on any atom is 0.326 e. The molecule has 0 spiro atoms. The van der Waals surface area contributed by atoms with E-state index >= 15 is 0 Å². The molecule has 3 atom stereocenters. The maximum absolute atomic E-state index is 12.6. The van der Waals surface area contributed by atoms with Crippen molar-refractivity contribution in [3.05, 3.63) is 35.9 Å². The summed E-state index contributed by atoms with van der Waals surface area (Å²) in [5, 5.41) is 23.3. The third-order valence-electron chi connectivity index (χ3n) is 4.01. The summed E-state index contributed by atoms with van der Waals surface area (Å²) in [6.07, 6.45) is 0.567. The lowest BCUT2D eigenvalue weighted by Crippen LogP contribution is -2.55. The number of carboxylic acid groups (broad SMARTS) is 1. The number of nitrogens with two attached hydrogens (primary N) is 3. The summed E-state index contributed by atoms with van der Waals surface area (Å²) < 4.78 is 0. The maximum atomic E-state index is 12.6. The molecule has 0 aliphatic carbocycles. The van der Waals surface area contributed by atoms with E-state index in [2.05, 4.69) is 15.6 Å². The van der Waals surface area contributed by atoms with Crippen LogP contribution < -0.4 is 27.8 Å². The van der Waals surface area contributed by atoms with Gasteiger partial charge in [0.25, 0.3) is 0 Å². The second-order valence-electron chi connectivity index (χ2n) is 6.39. The molecule has 0 radical (unpaired) electrons. The number of hydrogen-bond acceptors (Lipinski definition) is 6. The Morgan fingerprint density at radius 3 is 2.21 bits per heavy atom. The molecule has 11 nitrogen and oxygen atoms in total. The van der Waals surface area contributed by atoms with Gasteiger partial charge in [0.1, 0.15) is 18.1 Å². The average molecular weight is 408 g/mol. The Morgan fingerprint density at radius 2 is 1.66 bits per heavy atom. The lowest BCUT2D eigenvalue weighted by molar-refractivity contribution is -0.142. The van der Waals surface area contributed by atoms with Gasteiger partial charge in [-0.15, -0.1) is 0 Å². The fraction of sp³-hybridized carbons (Fsp3) is 0.444. The second kappa shape index (κ2) is 12.3. The molecular weight excluding hydrogens is 380 g/mol. The molecule has 0 heterocycles. The van der Waals surface area contributed by atoms with Gasteiger partial charge in [-0.1, -0.05) is 30.3 Å². The summed E-state index contributed by atoms with van der Waals surface area (Å²) in [5.41, 5.74) is 16.7. The van der Waals surface area contributed by atoms with Crippen LogP contribution >= 0.6 is 0 Å². The minimum absolute atomic E-state index is 0.0761. The van der Waals surface area contributed by atoms with Gasteiger partial charge in [-0.05, 0) is 18.4 Å². The van der Waals surface area contributed by atoms with Gasteiger partial charge in [-0.3, -0.25) is 14.6 Å². The molecular formula is C18H28N6O5. The Labute approximate surface area is 168 Å². The van der Waals surface area contributed by atoms with Crippen molar-refractivity contribution in [3.8, 4) is 0 Å². The van der Waals surface area contributed by atoms with Crippen molar-refractivity contribution in [2.45, 2.75) is 37.4 Å². The number of aliphatic hydroxyl groups is 1. The molecule has 1 aromatic rings. The van der Waals surface area contributed by atoms with Crippen LogP contribution in [0.2, 0.25) is 0 Å². The molecule has 3 unspecified atom stereocenters. The zero-order chi connectivity index (χ0) is 21.8. The molecule has 1 rings (SSSR count). The number of guanidine groups is 1. The SMILES string of the molecule is NC(N)=NCCCC(NC(=O)C(N)CO)C(=O)NC(Cc1ccccc1)C(=O)O. The highest BCUT2D eigenvalue weighted by Gasteiger charge is 2.27. The molecule has 29 heavy (non-hydrogen) atoms. The van der Waals surface area contributed by atoms with E-state index in [0.717, 1.165) is 5.56 Å². The van der Waals surface area contributed by atoms with Crippen LogP contribution in [-0.4, -0.2) is 65.2 Å². The van der Waals surface area contributed by atoms with E-state index in [1.54, 1.807) is 30.3 Å². The lowest BCUT2D eigenvalue weighted by atomic mass is 10.0. The quantitative estimate of drug-likeness (QED) is 0.113. The number of rotatable bonds is 12. The van der Waals surface area contributed by atoms with E-state index < -0.39 is 42.5 Å². The zero-order valence-corrected chi connectivity index (χ0v) is 16.0. The van der Waals surface area contributed by atoms with E-state index in [-0.39, 0.29) is 25.3 Å². The molecule has 0 aliphatic heterocycles. The van der Waals surface area contributed by atoms with Crippen LogP contribution in [0.3, 0.4) is 0 Å². The van der Waals surface area contributed by atoms with Crippen LogP contribution in [0.5, 0.6) is 0 Å². The first-order chi connectivity index (χ1) is 13.7.